The zero-order valence-electron chi connectivity index (χ0n) is 71.4. The maximum absolute atomic E-state index is 4.86. The van der Waals surface area contributed by atoms with Gasteiger partial charge < -0.3 is 13.7 Å². The quantitative estimate of drug-likeness (QED) is 0.122. The molecule has 9 aromatic heterocycles. The lowest BCUT2D eigenvalue weighted by Crippen LogP contribution is -1.94. The predicted octanol–water partition coefficient (Wildman–Crippen LogP) is 34.6. The van der Waals surface area contributed by atoms with Gasteiger partial charge in [0.05, 0.1) is 48.2 Å². The van der Waals surface area contributed by atoms with Gasteiger partial charge in [-0.25, -0.2) is 0 Å². The molecule has 132 heavy (non-hydrogen) atoms. The second-order valence-corrected chi connectivity index (χ2v) is 36.9. The SMILES string of the molecule is c1cc(-c2cccc(-c3cccc4c3sc3cnccc34)c2)cc(-c2cccc(-n3c4ccccc4c4ccccc43)c2)c1.c1cc(-c2cccc(-c3cncc4c3sc3ccccc34)c2)cc(-c2cccc(-n3c4ccccc4c4ccccc43)c2)c1.c1cc(-c2cccc(-c3nccc4c3sc3ccccc34)c2)cc(-c2cccc(-n3c4ccccc4c4ccccc43)c2)c1. The highest BCUT2D eigenvalue weighted by Crippen LogP contribution is 2.47. The van der Waals surface area contributed by atoms with Gasteiger partial charge in [0.15, 0.2) is 0 Å². The lowest BCUT2D eigenvalue weighted by atomic mass is 9.95. The third-order valence-corrected chi connectivity index (χ3v) is 29.6. The Labute approximate surface area is 773 Å². The molecule has 9 heterocycles. The molecule has 0 fully saturated rings. The van der Waals surface area contributed by atoms with Gasteiger partial charge in [0.2, 0.25) is 0 Å². The van der Waals surface area contributed by atoms with E-state index in [1.54, 1.807) is 0 Å². The van der Waals surface area contributed by atoms with E-state index < -0.39 is 0 Å². The number of benzene rings is 18. The molecule has 0 N–H and O–H groups in total. The molecule has 0 saturated heterocycles. The molecule has 0 saturated carbocycles. The summed E-state index contributed by atoms with van der Waals surface area (Å²) in [5, 5.41) is 15.3. The summed E-state index contributed by atoms with van der Waals surface area (Å²) in [4.78, 5) is 13.9. The van der Waals surface area contributed by atoms with Crippen molar-refractivity contribution in [2.75, 3.05) is 0 Å². The van der Waals surface area contributed by atoms with E-state index in [2.05, 4.69) is 467 Å². The maximum Gasteiger partial charge on any atom is 0.0880 e. The molecular formula is C123H78N6S3. The molecular weight excluding hydrogens is 1660 g/mol. The monoisotopic (exact) mass is 1730 g/mol. The van der Waals surface area contributed by atoms with Gasteiger partial charge in [0.25, 0.3) is 0 Å². The minimum absolute atomic E-state index is 1.04. The zero-order chi connectivity index (χ0) is 87.1. The van der Waals surface area contributed by atoms with Gasteiger partial charge in [0.1, 0.15) is 0 Å². The Kier molecular flexibility index (Phi) is 19.4. The lowest BCUT2D eigenvalue weighted by molar-refractivity contribution is 1.18. The average molecular weight is 1740 g/mol. The Morgan fingerprint density at radius 1 is 0.167 bits per heavy atom. The van der Waals surface area contributed by atoms with E-state index in [1.807, 2.05) is 65.0 Å². The van der Waals surface area contributed by atoms with Crippen LogP contribution >= 0.6 is 34.0 Å². The van der Waals surface area contributed by atoms with Crippen molar-refractivity contribution < 1.29 is 0 Å². The molecule has 6 nitrogen and oxygen atoms in total. The van der Waals surface area contributed by atoms with Crippen molar-refractivity contribution in [1.29, 1.82) is 0 Å². The van der Waals surface area contributed by atoms with E-state index in [9.17, 15) is 0 Å². The maximum atomic E-state index is 4.86. The third kappa shape index (κ3) is 13.8. The Balaban J connectivity index is 0.000000106. The number of nitrogens with zero attached hydrogens (tertiary/aromatic N) is 6. The molecule has 27 rings (SSSR count). The van der Waals surface area contributed by atoms with Crippen LogP contribution < -0.4 is 0 Å². The number of pyridine rings is 3. The van der Waals surface area contributed by atoms with Gasteiger partial charge >= 0.3 is 0 Å². The molecule has 0 aliphatic rings. The normalized spacial score (nSPS) is 11.6. The molecule has 0 amide bonds. The van der Waals surface area contributed by atoms with E-state index in [0.717, 1.165) is 22.6 Å². The Bertz CT molecular complexity index is 8230. The van der Waals surface area contributed by atoms with Crippen LogP contribution in [0.3, 0.4) is 0 Å². The third-order valence-electron chi connectivity index (χ3n) is 26.0. The van der Waals surface area contributed by atoms with Gasteiger partial charge in [-0.3, -0.25) is 15.0 Å². The van der Waals surface area contributed by atoms with Crippen LogP contribution in [0.15, 0.2) is 474 Å². The Hall–Kier alpha value is -16.5. The first-order chi connectivity index (χ1) is 65.4. The fourth-order valence-electron chi connectivity index (χ4n) is 19.9. The molecule has 9 heteroatoms. The summed E-state index contributed by atoms with van der Waals surface area (Å²) in [6.07, 6.45) is 9.80. The number of para-hydroxylation sites is 6. The summed E-state index contributed by atoms with van der Waals surface area (Å²) in [5.74, 6) is 0. The van der Waals surface area contributed by atoms with Gasteiger partial charge in [0, 0.05) is 143 Å². The highest BCUT2D eigenvalue weighted by Gasteiger charge is 2.21. The molecule has 0 bridgehead atoms. The second kappa shape index (κ2) is 33.0. The molecule has 0 aliphatic heterocycles. The van der Waals surface area contributed by atoms with Crippen molar-refractivity contribution >= 4 is 160 Å². The van der Waals surface area contributed by atoms with E-state index in [1.165, 1.54) is 221 Å². The van der Waals surface area contributed by atoms with Gasteiger partial charge in [-0.05, 0) is 217 Å². The van der Waals surface area contributed by atoms with Crippen LogP contribution in [0.5, 0.6) is 0 Å². The fourth-order valence-corrected chi connectivity index (χ4v) is 23.5. The van der Waals surface area contributed by atoms with Crippen LogP contribution in [0.2, 0.25) is 0 Å². The van der Waals surface area contributed by atoms with Crippen LogP contribution in [-0.2, 0) is 0 Å². The summed E-state index contributed by atoms with van der Waals surface area (Å²) >= 11 is 5.49. The molecule has 0 unspecified atom stereocenters. The van der Waals surface area contributed by atoms with E-state index in [0.29, 0.717) is 0 Å². The van der Waals surface area contributed by atoms with E-state index >= 15 is 0 Å². The van der Waals surface area contributed by atoms with Gasteiger partial charge in [-0.1, -0.05) is 309 Å². The summed E-state index contributed by atoms with van der Waals surface area (Å²) in [5.41, 5.74) is 32.2. The molecule has 0 aliphatic carbocycles. The van der Waals surface area contributed by atoms with Crippen LogP contribution in [0.4, 0.5) is 0 Å². The van der Waals surface area contributed by atoms with Crippen molar-refractivity contribution in [2.45, 2.75) is 0 Å². The number of aromatic nitrogens is 6. The lowest BCUT2D eigenvalue weighted by Gasteiger charge is -2.12. The molecule has 27 aromatic rings. The van der Waals surface area contributed by atoms with E-state index in [-0.39, 0.29) is 0 Å². The number of hydrogen-bond donors (Lipinski definition) is 0. The van der Waals surface area contributed by atoms with E-state index in [4.69, 9.17) is 4.98 Å². The van der Waals surface area contributed by atoms with Crippen LogP contribution in [0.1, 0.15) is 0 Å². The molecule has 18 aromatic carbocycles. The molecule has 0 radical (unpaired) electrons. The van der Waals surface area contributed by atoms with Crippen LogP contribution in [0.25, 0.3) is 243 Å². The minimum Gasteiger partial charge on any atom is -0.309 e. The smallest absolute Gasteiger partial charge is 0.0880 e. The second-order valence-electron chi connectivity index (χ2n) is 33.7. The number of fused-ring (bicyclic) bond motifs is 18. The number of hydrogen-bond acceptors (Lipinski definition) is 6. The van der Waals surface area contributed by atoms with Crippen LogP contribution in [0, 0.1) is 0 Å². The van der Waals surface area contributed by atoms with Crippen molar-refractivity contribution in [3.63, 3.8) is 0 Å². The van der Waals surface area contributed by atoms with Crippen molar-refractivity contribution in [3.05, 3.63) is 474 Å². The highest BCUT2D eigenvalue weighted by molar-refractivity contribution is 7.27. The minimum atomic E-state index is 1.04. The van der Waals surface area contributed by atoms with Crippen molar-refractivity contribution in [3.8, 4) is 117 Å². The Morgan fingerprint density at radius 2 is 0.447 bits per heavy atom. The first-order valence-corrected chi connectivity index (χ1v) is 47.1. The largest absolute Gasteiger partial charge is 0.309 e. The first kappa shape index (κ1) is 77.8. The number of thiophene rings is 3. The van der Waals surface area contributed by atoms with Crippen molar-refractivity contribution in [2.24, 2.45) is 0 Å². The first-order valence-electron chi connectivity index (χ1n) is 44.6. The topological polar surface area (TPSA) is 53.5 Å². The van der Waals surface area contributed by atoms with Gasteiger partial charge in [-0.15, -0.1) is 34.0 Å². The average Bonchev–Trinajstić information content (AvgIpc) is 1.60. The molecule has 0 atom stereocenters. The Morgan fingerprint density at radius 3 is 0.871 bits per heavy atom. The highest BCUT2D eigenvalue weighted by atomic mass is 32.1. The van der Waals surface area contributed by atoms with Crippen molar-refractivity contribution in [1.82, 2.24) is 28.7 Å². The summed E-state index contributed by atoms with van der Waals surface area (Å²) in [7, 11) is 0. The van der Waals surface area contributed by atoms with Crippen LogP contribution in [-0.4, -0.2) is 28.7 Å². The zero-order valence-corrected chi connectivity index (χ0v) is 73.9. The standard InChI is InChI=1S/3C41H26N2S/c1-4-19-38-33(16-1)34-17-2-5-20-39(34)43(38)32-15-9-13-30(24-32)28-11-7-10-27(22-28)29-12-8-14-31(23-29)36-25-42-26-37-35-18-3-6-21-40(35)44-41(36)37;1-4-19-37-33(16-1)34-17-2-5-20-38(34)43(37)32-15-9-13-30(26-32)28-11-7-10-27(24-28)29-12-8-14-31(25-29)40-41-36(22-23-42-40)35-18-3-6-21-39(35)44-41;1-3-19-38-34(15-1)35-16-2-4-20-39(35)43(38)32-14-7-12-30(25-32)28-10-5-9-27(23-28)29-11-6-13-31(24-29)33-17-8-18-37-36-21-22-42-26-40(36)44-41(33)37/h3*1-26H. The summed E-state index contributed by atoms with van der Waals surface area (Å²) < 4.78 is 14.8. The molecule has 618 valence electrons. The summed E-state index contributed by atoms with van der Waals surface area (Å²) in [6.45, 7) is 0. The molecule has 0 spiro atoms. The predicted molar refractivity (Wildman–Crippen MR) is 563 cm³/mol. The fraction of sp³-hybridized carbons (Fsp3) is 0. The number of rotatable bonds is 12. The summed E-state index contributed by atoms with van der Waals surface area (Å²) in [6, 6.07) is 160. The van der Waals surface area contributed by atoms with Gasteiger partial charge in [-0.2, -0.15) is 0 Å².